The summed E-state index contributed by atoms with van der Waals surface area (Å²) in [5.74, 6) is 0.000261. The summed E-state index contributed by atoms with van der Waals surface area (Å²) in [6.07, 6.45) is 1.58. The first kappa shape index (κ1) is 14.8. The van der Waals surface area contributed by atoms with E-state index in [9.17, 15) is 4.79 Å². The van der Waals surface area contributed by atoms with Gasteiger partial charge in [-0.1, -0.05) is 12.1 Å². The number of rotatable bonds is 5. The number of nitrogens with zero attached hydrogens (tertiary/aromatic N) is 2. The molecule has 0 radical (unpaired) electrons. The summed E-state index contributed by atoms with van der Waals surface area (Å²) < 4.78 is 5.29. The zero-order valence-electron chi connectivity index (χ0n) is 11.4. The highest BCUT2D eigenvalue weighted by molar-refractivity contribution is 7.13. The molecule has 0 aliphatic carbocycles. The van der Waals surface area contributed by atoms with Gasteiger partial charge < -0.3 is 4.74 Å². The van der Waals surface area contributed by atoms with Crippen molar-refractivity contribution in [3.63, 3.8) is 0 Å². The second-order valence-corrected chi connectivity index (χ2v) is 5.46. The number of aryl methyl sites for hydroxylation is 1. The first-order valence-electron chi connectivity index (χ1n) is 6.19. The highest BCUT2D eigenvalue weighted by atomic mass is 32.1. The van der Waals surface area contributed by atoms with Gasteiger partial charge in [0, 0.05) is 9.75 Å². The van der Waals surface area contributed by atoms with E-state index < -0.39 is 0 Å². The van der Waals surface area contributed by atoms with Gasteiger partial charge in [-0.25, -0.2) is 5.43 Å². The SMILES string of the molecule is Cc1ccc(/C=N\NC(=O)COc2ccccc2C#N)s1. The number of hydrogen-bond acceptors (Lipinski definition) is 5. The van der Waals surface area contributed by atoms with Crippen LogP contribution in [0.2, 0.25) is 0 Å². The Kier molecular flexibility index (Phi) is 5.07. The van der Waals surface area contributed by atoms with Crippen molar-refractivity contribution in [3.05, 3.63) is 51.7 Å². The van der Waals surface area contributed by atoms with Crippen molar-refractivity contribution in [1.82, 2.24) is 5.43 Å². The van der Waals surface area contributed by atoms with Crippen LogP contribution in [0.4, 0.5) is 0 Å². The number of para-hydroxylation sites is 1. The minimum Gasteiger partial charge on any atom is -0.482 e. The van der Waals surface area contributed by atoms with Gasteiger partial charge >= 0.3 is 0 Å². The summed E-state index contributed by atoms with van der Waals surface area (Å²) >= 11 is 1.59. The van der Waals surface area contributed by atoms with Gasteiger partial charge in [-0.3, -0.25) is 4.79 Å². The molecule has 1 amide bonds. The molecule has 1 aromatic heterocycles. The number of hydrogen-bond donors (Lipinski definition) is 1. The number of ether oxygens (including phenoxy) is 1. The minimum atomic E-state index is -0.382. The summed E-state index contributed by atoms with van der Waals surface area (Å²) in [6, 6.07) is 12.7. The van der Waals surface area contributed by atoms with Crippen molar-refractivity contribution in [2.24, 2.45) is 5.10 Å². The largest absolute Gasteiger partial charge is 0.482 e. The summed E-state index contributed by atoms with van der Waals surface area (Å²) in [5, 5.41) is 12.8. The zero-order valence-corrected chi connectivity index (χ0v) is 12.2. The average Bonchev–Trinajstić information content (AvgIpc) is 2.91. The third kappa shape index (κ3) is 4.44. The Bertz CT molecular complexity index is 701. The lowest BCUT2D eigenvalue weighted by Gasteiger charge is -2.05. The van der Waals surface area contributed by atoms with Crippen LogP contribution in [0.15, 0.2) is 41.5 Å². The molecule has 1 N–H and O–H groups in total. The van der Waals surface area contributed by atoms with Crippen LogP contribution in [0.5, 0.6) is 5.75 Å². The van der Waals surface area contributed by atoms with Crippen molar-refractivity contribution >= 4 is 23.5 Å². The van der Waals surface area contributed by atoms with Crippen molar-refractivity contribution in [2.75, 3.05) is 6.61 Å². The van der Waals surface area contributed by atoms with Crippen LogP contribution < -0.4 is 10.2 Å². The molecule has 21 heavy (non-hydrogen) atoms. The van der Waals surface area contributed by atoms with Crippen LogP contribution in [0.25, 0.3) is 0 Å². The van der Waals surface area contributed by atoms with E-state index in [4.69, 9.17) is 10.00 Å². The average molecular weight is 299 g/mol. The predicted molar refractivity (Wildman–Crippen MR) is 81.4 cm³/mol. The van der Waals surface area contributed by atoms with E-state index in [1.54, 1.807) is 41.8 Å². The van der Waals surface area contributed by atoms with Crippen LogP contribution in [-0.4, -0.2) is 18.7 Å². The van der Waals surface area contributed by atoms with Gasteiger partial charge in [0.1, 0.15) is 11.8 Å². The van der Waals surface area contributed by atoms with Crippen LogP contribution in [0, 0.1) is 18.3 Å². The molecule has 0 aliphatic rings. The van der Waals surface area contributed by atoms with Crippen LogP contribution in [0.3, 0.4) is 0 Å². The Hall–Kier alpha value is -2.65. The molecule has 2 aromatic rings. The van der Waals surface area contributed by atoms with Gasteiger partial charge in [0.05, 0.1) is 11.8 Å². The Balaban J connectivity index is 1.82. The molecule has 5 nitrogen and oxygen atoms in total. The van der Waals surface area contributed by atoms with Crippen molar-refractivity contribution < 1.29 is 9.53 Å². The van der Waals surface area contributed by atoms with Crippen molar-refractivity contribution in [1.29, 1.82) is 5.26 Å². The maximum absolute atomic E-state index is 11.6. The molecule has 6 heteroatoms. The Labute approximate surface area is 126 Å². The highest BCUT2D eigenvalue weighted by Crippen LogP contribution is 2.16. The Morgan fingerprint density at radius 3 is 2.95 bits per heavy atom. The molecule has 0 spiro atoms. The summed E-state index contributed by atoms with van der Waals surface area (Å²) in [7, 11) is 0. The molecule has 0 aliphatic heterocycles. The molecule has 2 rings (SSSR count). The molecule has 1 heterocycles. The lowest BCUT2D eigenvalue weighted by Crippen LogP contribution is -2.24. The van der Waals surface area contributed by atoms with Crippen LogP contribution in [-0.2, 0) is 4.79 Å². The molecule has 0 fully saturated rings. The second-order valence-electron chi connectivity index (χ2n) is 4.14. The molecular formula is C15H13N3O2S. The summed E-state index contributed by atoms with van der Waals surface area (Å²) in [4.78, 5) is 13.7. The zero-order chi connectivity index (χ0) is 15.1. The fourth-order valence-corrected chi connectivity index (χ4v) is 2.30. The lowest BCUT2D eigenvalue weighted by molar-refractivity contribution is -0.123. The third-order valence-electron chi connectivity index (χ3n) is 2.51. The van der Waals surface area contributed by atoms with E-state index in [0.717, 1.165) is 4.88 Å². The Morgan fingerprint density at radius 2 is 2.24 bits per heavy atom. The number of nitrogens with one attached hydrogen (secondary N) is 1. The van der Waals surface area contributed by atoms with Gasteiger partial charge in [-0.05, 0) is 31.2 Å². The molecule has 0 atom stereocenters. The molecule has 106 valence electrons. The number of benzene rings is 1. The van der Waals surface area contributed by atoms with Gasteiger partial charge in [-0.15, -0.1) is 11.3 Å². The van der Waals surface area contributed by atoms with Gasteiger partial charge in [0.25, 0.3) is 5.91 Å². The van der Waals surface area contributed by atoms with E-state index in [2.05, 4.69) is 10.5 Å². The van der Waals surface area contributed by atoms with E-state index in [1.807, 2.05) is 25.1 Å². The number of thiophene rings is 1. The number of carbonyl (C=O) groups excluding carboxylic acids is 1. The topological polar surface area (TPSA) is 74.5 Å². The van der Waals surface area contributed by atoms with E-state index in [-0.39, 0.29) is 12.5 Å². The maximum Gasteiger partial charge on any atom is 0.277 e. The highest BCUT2D eigenvalue weighted by Gasteiger charge is 2.05. The molecular weight excluding hydrogens is 286 g/mol. The second kappa shape index (κ2) is 7.22. The number of hydrazone groups is 1. The monoisotopic (exact) mass is 299 g/mol. The molecule has 0 unspecified atom stereocenters. The number of amides is 1. The van der Waals surface area contributed by atoms with E-state index >= 15 is 0 Å². The fraction of sp³-hybridized carbons (Fsp3) is 0.133. The van der Waals surface area contributed by atoms with Crippen LogP contribution >= 0.6 is 11.3 Å². The van der Waals surface area contributed by atoms with Crippen LogP contribution in [0.1, 0.15) is 15.3 Å². The molecule has 0 saturated heterocycles. The van der Waals surface area contributed by atoms with Crippen molar-refractivity contribution in [3.8, 4) is 11.8 Å². The molecule has 1 aromatic carbocycles. The first-order chi connectivity index (χ1) is 10.2. The standard InChI is InChI=1S/C15H13N3O2S/c1-11-6-7-13(21-11)9-17-18-15(19)10-20-14-5-3-2-4-12(14)8-16/h2-7,9H,10H2,1H3,(H,18,19)/b17-9-. The maximum atomic E-state index is 11.6. The predicted octanol–water partition coefficient (Wildman–Crippen LogP) is 2.46. The molecule has 0 bridgehead atoms. The smallest absolute Gasteiger partial charge is 0.277 e. The Morgan fingerprint density at radius 1 is 1.43 bits per heavy atom. The number of carbonyl (C=O) groups is 1. The van der Waals surface area contributed by atoms with Crippen molar-refractivity contribution in [2.45, 2.75) is 6.92 Å². The first-order valence-corrected chi connectivity index (χ1v) is 7.01. The summed E-state index contributed by atoms with van der Waals surface area (Å²) in [5.41, 5.74) is 2.77. The number of nitriles is 1. The minimum absolute atomic E-state index is 0.195. The normalized spacial score (nSPS) is 10.3. The third-order valence-corrected chi connectivity index (χ3v) is 3.44. The van der Waals surface area contributed by atoms with Gasteiger partial charge in [0.15, 0.2) is 6.61 Å². The van der Waals surface area contributed by atoms with Gasteiger partial charge in [-0.2, -0.15) is 10.4 Å². The van der Waals surface area contributed by atoms with Gasteiger partial charge in [0.2, 0.25) is 0 Å². The quantitative estimate of drug-likeness (QED) is 0.680. The molecule has 0 saturated carbocycles. The summed E-state index contributed by atoms with van der Waals surface area (Å²) in [6.45, 7) is 1.81. The van der Waals surface area contributed by atoms with E-state index in [0.29, 0.717) is 11.3 Å². The lowest BCUT2D eigenvalue weighted by atomic mass is 10.2. The van der Waals surface area contributed by atoms with E-state index in [1.165, 1.54) is 4.88 Å². The fourth-order valence-electron chi connectivity index (χ4n) is 1.55.